The third-order valence-corrected chi connectivity index (χ3v) is 4.41. The maximum Gasteiger partial charge on any atom is 0.253 e. The molecule has 5 heteroatoms. The summed E-state index contributed by atoms with van der Waals surface area (Å²) in [6.45, 7) is 3.85. The summed E-state index contributed by atoms with van der Waals surface area (Å²) in [6, 6.07) is 17.2. The van der Waals surface area contributed by atoms with Crippen molar-refractivity contribution < 1.29 is 9.59 Å². The van der Waals surface area contributed by atoms with E-state index in [1.165, 1.54) is 10.5 Å². The molecular formula is C22H29N3O2. The Morgan fingerprint density at radius 2 is 1.59 bits per heavy atom. The Bertz CT molecular complexity index is 742. The molecule has 0 aliphatic heterocycles. The fourth-order valence-electron chi connectivity index (χ4n) is 2.75. The number of nitrogens with one attached hydrogen (secondary N) is 2. The molecule has 144 valence electrons. The highest BCUT2D eigenvalue weighted by Crippen LogP contribution is 2.12. The van der Waals surface area contributed by atoms with Gasteiger partial charge in [-0.25, -0.2) is 0 Å². The molecule has 2 amide bonds. The van der Waals surface area contributed by atoms with E-state index in [1.54, 1.807) is 26.2 Å². The minimum absolute atomic E-state index is 0.0380. The topological polar surface area (TPSA) is 61.4 Å². The van der Waals surface area contributed by atoms with Gasteiger partial charge in [0, 0.05) is 31.4 Å². The molecule has 27 heavy (non-hydrogen) atoms. The van der Waals surface area contributed by atoms with E-state index in [-0.39, 0.29) is 23.9 Å². The van der Waals surface area contributed by atoms with E-state index in [2.05, 4.69) is 22.8 Å². The van der Waals surface area contributed by atoms with E-state index in [1.807, 2.05) is 44.2 Å². The molecule has 0 aliphatic carbocycles. The largest absolute Gasteiger partial charge is 0.374 e. The zero-order valence-electron chi connectivity index (χ0n) is 16.5. The van der Waals surface area contributed by atoms with Crippen LogP contribution >= 0.6 is 0 Å². The van der Waals surface area contributed by atoms with Crippen LogP contribution in [0.4, 0.5) is 5.69 Å². The zero-order chi connectivity index (χ0) is 19.8. The number of nitrogens with zero attached hydrogens (tertiary/aromatic N) is 1. The molecule has 2 rings (SSSR count). The van der Waals surface area contributed by atoms with Gasteiger partial charge in [-0.2, -0.15) is 0 Å². The Hall–Kier alpha value is -2.82. The molecule has 0 saturated heterocycles. The molecule has 2 N–H and O–H groups in total. The molecule has 0 spiro atoms. The van der Waals surface area contributed by atoms with Gasteiger partial charge in [0.25, 0.3) is 5.91 Å². The smallest absolute Gasteiger partial charge is 0.253 e. The number of benzene rings is 2. The molecule has 0 bridgehead atoms. The molecule has 0 heterocycles. The predicted molar refractivity (Wildman–Crippen MR) is 110 cm³/mol. The van der Waals surface area contributed by atoms with Crippen molar-refractivity contribution in [3.8, 4) is 0 Å². The maximum absolute atomic E-state index is 12.4. The van der Waals surface area contributed by atoms with E-state index in [9.17, 15) is 9.59 Å². The lowest BCUT2D eigenvalue weighted by atomic mass is 10.1. The maximum atomic E-state index is 12.4. The van der Waals surface area contributed by atoms with Gasteiger partial charge in [0.05, 0.1) is 0 Å². The number of rotatable bonds is 8. The van der Waals surface area contributed by atoms with Crippen molar-refractivity contribution in [2.24, 2.45) is 0 Å². The highest BCUT2D eigenvalue weighted by Gasteiger charge is 2.15. The molecule has 0 aliphatic rings. The standard InChI is InChI=1S/C22H29N3O2/c1-16(10-11-18-8-6-5-7-9-18)23-21(26)17(2)24-20-14-12-19(13-15-20)22(27)25(3)4/h5-9,12-17,24H,10-11H2,1-4H3,(H,23,26)/t16-,17+/m1/s1. The van der Waals surface area contributed by atoms with Crippen molar-refractivity contribution in [1.29, 1.82) is 0 Å². The van der Waals surface area contributed by atoms with Crippen LogP contribution in [-0.2, 0) is 11.2 Å². The summed E-state index contributed by atoms with van der Waals surface area (Å²) in [7, 11) is 3.44. The summed E-state index contributed by atoms with van der Waals surface area (Å²) in [5.41, 5.74) is 2.71. The van der Waals surface area contributed by atoms with Gasteiger partial charge < -0.3 is 15.5 Å². The molecule has 2 atom stereocenters. The molecule has 0 saturated carbocycles. The Morgan fingerprint density at radius 1 is 0.963 bits per heavy atom. The van der Waals surface area contributed by atoms with Gasteiger partial charge in [-0.1, -0.05) is 30.3 Å². The molecule has 0 aromatic heterocycles. The van der Waals surface area contributed by atoms with Crippen LogP contribution in [0, 0.1) is 0 Å². The lowest BCUT2D eigenvalue weighted by Crippen LogP contribution is -2.42. The number of hydrogen-bond donors (Lipinski definition) is 2. The van der Waals surface area contributed by atoms with Gasteiger partial charge in [-0.3, -0.25) is 9.59 Å². The van der Waals surface area contributed by atoms with Crippen LogP contribution in [0.15, 0.2) is 54.6 Å². The van der Waals surface area contributed by atoms with Gasteiger partial charge in [0.2, 0.25) is 5.91 Å². The van der Waals surface area contributed by atoms with Crippen molar-refractivity contribution in [3.05, 3.63) is 65.7 Å². The molecule has 0 fully saturated rings. The quantitative estimate of drug-likeness (QED) is 0.752. The second kappa shape index (κ2) is 9.76. The summed E-state index contributed by atoms with van der Waals surface area (Å²) in [6.07, 6.45) is 1.83. The minimum Gasteiger partial charge on any atom is -0.374 e. The van der Waals surface area contributed by atoms with Crippen molar-refractivity contribution in [3.63, 3.8) is 0 Å². The van der Waals surface area contributed by atoms with E-state index < -0.39 is 0 Å². The highest BCUT2D eigenvalue weighted by atomic mass is 16.2. The molecule has 5 nitrogen and oxygen atoms in total. The minimum atomic E-state index is -0.362. The number of carbonyl (C=O) groups is 2. The molecule has 2 aromatic rings. The van der Waals surface area contributed by atoms with Crippen LogP contribution in [-0.4, -0.2) is 42.9 Å². The van der Waals surface area contributed by atoms with Crippen LogP contribution in [0.25, 0.3) is 0 Å². The lowest BCUT2D eigenvalue weighted by Gasteiger charge is -2.19. The molecular weight excluding hydrogens is 338 g/mol. The first kappa shape index (κ1) is 20.5. The fraction of sp³-hybridized carbons (Fsp3) is 0.364. The van der Waals surface area contributed by atoms with Crippen LogP contribution in [0.5, 0.6) is 0 Å². The number of aryl methyl sites for hydroxylation is 1. The average molecular weight is 367 g/mol. The third-order valence-electron chi connectivity index (χ3n) is 4.41. The van der Waals surface area contributed by atoms with Crippen molar-refractivity contribution in [2.75, 3.05) is 19.4 Å². The highest BCUT2D eigenvalue weighted by molar-refractivity contribution is 5.94. The first-order chi connectivity index (χ1) is 12.9. The summed E-state index contributed by atoms with van der Waals surface area (Å²) in [4.78, 5) is 25.8. The zero-order valence-corrected chi connectivity index (χ0v) is 16.5. The Labute approximate surface area is 161 Å². The van der Waals surface area contributed by atoms with Crippen LogP contribution < -0.4 is 10.6 Å². The molecule has 2 aromatic carbocycles. The second-order valence-electron chi connectivity index (χ2n) is 7.08. The van der Waals surface area contributed by atoms with Gasteiger partial charge in [0.15, 0.2) is 0 Å². The monoisotopic (exact) mass is 367 g/mol. The number of hydrogen-bond acceptors (Lipinski definition) is 3. The average Bonchev–Trinajstić information content (AvgIpc) is 2.67. The van der Waals surface area contributed by atoms with Crippen LogP contribution in [0.1, 0.15) is 36.2 Å². The molecule has 0 radical (unpaired) electrons. The molecule has 0 unspecified atom stereocenters. The number of amides is 2. The van der Waals surface area contributed by atoms with Crippen LogP contribution in [0.2, 0.25) is 0 Å². The number of anilines is 1. The van der Waals surface area contributed by atoms with E-state index in [0.29, 0.717) is 5.56 Å². The van der Waals surface area contributed by atoms with Crippen molar-refractivity contribution in [1.82, 2.24) is 10.2 Å². The summed E-state index contributed by atoms with van der Waals surface area (Å²) < 4.78 is 0. The van der Waals surface area contributed by atoms with Gasteiger partial charge in [-0.05, 0) is 56.5 Å². The third kappa shape index (κ3) is 6.44. The van der Waals surface area contributed by atoms with Gasteiger partial charge in [-0.15, -0.1) is 0 Å². The first-order valence-corrected chi connectivity index (χ1v) is 9.29. The summed E-state index contributed by atoms with van der Waals surface area (Å²) in [5.74, 6) is -0.0800. The van der Waals surface area contributed by atoms with Crippen molar-refractivity contribution >= 4 is 17.5 Å². The van der Waals surface area contributed by atoms with Gasteiger partial charge >= 0.3 is 0 Å². The van der Waals surface area contributed by atoms with E-state index in [4.69, 9.17) is 0 Å². The predicted octanol–water partition coefficient (Wildman–Crippen LogP) is 3.33. The van der Waals surface area contributed by atoms with E-state index >= 15 is 0 Å². The number of carbonyl (C=O) groups excluding carboxylic acids is 2. The van der Waals surface area contributed by atoms with E-state index in [0.717, 1.165) is 18.5 Å². The second-order valence-corrected chi connectivity index (χ2v) is 7.08. The first-order valence-electron chi connectivity index (χ1n) is 9.29. The SMILES string of the molecule is C[C@H](CCc1ccccc1)NC(=O)[C@H](C)Nc1ccc(C(=O)N(C)C)cc1. The summed E-state index contributed by atoms with van der Waals surface area (Å²) >= 11 is 0. The normalized spacial score (nSPS) is 12.7. The Kier molecular flexibility index (Phi) is 7.41. The van der Waals surface area contributed by atoms with Crippen molar-refractivity contribution in [2.45, 2.75) is 38.8 Å². The Morgan fingerprint density at radius 3 is 2.19 bits per heavy atom. The summed E-state index contributed by atoms with van der Waals surface area (Å²) in [5, 5.41) is 6.23. The Balaban J connectivity index is 1.81. The van der Waals surface area contributed by atoms with Gasteiger partial charge in [0.1, 0.15) is 6.04 Å². The fourth-order valence-corrected chi connectivity index (χ4v) is 2.75. The lowest BCUT2D eigenvalue weighted by molar-refractivity contribution is -0.122. The van der Waals surface area contributed by atoms with Crippen LogP contribution in [0.3, 0.4) is 0 Å².